The summed E-state index contributed by atoms with van der Waals surface area (Å²) >= 11 is 0. The van der Waals surface area contributed by atoms with Crippen molar-refractivity contribution in [3.8, 4) is 0 Å². The molecule has 0 aliphatic heterocycles. The first kappa shape index (κ1) is 19.2. The van der Waals surface area contributed by atoms with Crippen LogP contribution >= 0.6 is 0 Å². The van der Waals surface area contributed by atoms with Crippen LogP contribution in [0.15, 0.2) is 24.3 Å². The summed E-state index contributed by atoms with van der Waals surface area (Å²) < 4.78 is 0. The molecule has 1 aromatic rings. The lowest BCUT2D eigenvalue weighted by molar-refractivity contribution is -0.125. The van der Waals surface area contributed by atoms with Crippen molar-refractivity contribution >= 4 is 11.8 Å². The van der Waals surface area contributed by atoms with Crippen LogP contribution in [0.5, 0.6) is 0 Å². The molecule has 128 valence electrons. The first-order valence-electron chi connectivity index (χ1n) is 8.46. The second kappa shape index (κ2) is 8.70. The van der Waals surface area contributed by atoms with Crippen LogP contribution in [0.1, 0.15) is 63.4 Å². The molecule has 0 saturated heterocycles. The van der Waals surface area contributed by atoms with E-state index in [1.807, 2.05) is 38.1 Å². The van der Waals surface area contributed by atoms with Gasteiger partial charge in [0.05, 0.1) is 0 Å². The molecule has 0 unspecified atom stereocenters. The Labute approximate surface area is 140 Å². The molecule has 23 heavy (non-hydrogen) atoms. The largest absolute Gasteiger partial charge is 0.354 e. The summed E-state index contributed by atoms with van der Waals surface area (Å²) in [5, 5.41) is 5.70. The molecule has 0 radical (unpaired) electrons. The Hall–Kier alpha value is -1.84. The first-order chi connectivity index (χ1) is 10.8. The molecule has 0 aliphatic rings. The molecule has 0 aliphatic carbocycles. The Morgan fingerprint density at radius 1 is 0.957 bits per heavy atom. The van der Waals surface area contributed by atoms with Crippen LogP contribution in [-0.2, 0) is 10.2 Å². The number of carbonyl (C=O) groups excluding carboxylic acids is 2. The predicted octanol–water partition coefficient (Wildman–Crippen LogP) is 3.27. The molecule has 1 aromatic carbocycles. The van der Waals surface area contributed by atoms with Crippen molar-refractivity contribution < 1.29 is 9.59 Å². The quantitative estimate of drug-likeness (QED) is 0.758. The predicted molar refractivity (Wildman–Crippen MR) is 94.6 cm³/mol. The zero-order valence-electron chi connectivity index (χ0n) is 15.0. The van der Waals surface area contributed by atoms with E-state index in [0.29, 0.717) is 18.7 Å². The first-order valence-corrected chi connectivity index (χ1v) is 8.46. The van der Waals surface area contributed by atoms with Gasteiger partial charge in [-0.15, -0.1) is 0 Å². The van der Waals surface area contributed by atoms with E-state index in [-0.39, 0.29) is 23.1 Å². The monoisotopic (exact) mass is 318 g/mol. The number of carbonyl (C=O) groups is 2. The number of amides is 2. The highest BCUT2D eigenvalue weighted by Gasteiger charge is 2.15. The highest BCUT2D eigenvalue weighted by molar-refractivity contribution is 5.94. The Morgan fingerprint density at radius 3 is 1.96 bits per heavy atom. The van der Waals surface area contributed by atoms with Crippen molar-refractivity contribution in [2.24, 2.45) is 5.92 Å². The smallest absolute Gasteiger partial charge is 0.251 e. The number of hydrogen-bond acceptors (Lipinski definition) is 2. The summed E-state index contributed by atoms with van der Waals surface area (Å²) in [5.74, 6) is 0.0247. The molecule has 0 spiro atoms. The maximum absolute atomic E-state index is 12.1. The third kappa shape index (κ3) is 6.05. The van der Waals surface area contributed by atoms with Crippen LogP contribution in [0, 0.1) is 5.92 Å². The van der Waals surface area contributed by atoms with Crippen LogP contribution in [0.3, 0.4) is 0 Å². The van der Waals surface area contributed by atoms with Crippen LogP contribution in [0.4, 0.5) is 0 Å². The van der Waals surface area contributed by atoms with Crippen molar-refractivity contribution in [1.82, 2.24) is 10.6 Å². The fourth-order valence-electron chi connectivity index (χ4n) is 2.39. The second-order valence-electron chi connectivity index (χ2n) is 6.89. The molecule has 0 fully saturated rings. The molecule has 0 saturated carbocycles. The number of nitrogens with one attached hydrogen (secondary N) is 2. The molecule has 0 bridgehead atoms. The molecule has 0 heterocycles. The minimum atomic E-state index is -0.109. The van der Waals surface area contributed by atoms with E-state index < -0.39 is 0 Å². The van der Waals surface area contributed by atoms with Gasteiger partial charge in [0.25, 0.3) is 5.91 Å². The normalized spacial score (nSPS) is 11.4. The maximum atomic E-state index is 12.1. The molecule has 4 heteroatoms. The molecule has 0 atom stereocenters. The Balaban J connectivity index is 2.41. The van der Waals surface area contributed by atoms with Crippen molar-refractivity contribution in [3.63, 3.8) is 0 Å². The van der Waals surface area contributed by atoms with Gasteiger partial charge < -0.3 is 10.6 Å². The van der Waals surface area contributed by atoms with Crippen molar-refractivity contribution in [2.45, 2.75) is 52.9 Å². The lowest BCUT2D eigenvalue weighted by atomic mass is 9.87. The zero-order chi connectivity index (χ0) is 17.5. The van der Waals surface area contributed by atoms with Gasteiger partial charge in [0.2, 0.25) is 5.91 Å². The van der Waals surface area contributed by atoms with Crippen LogP contribution in [-0.4, -0.2) is 24.9 Å². The Kier molecular flexibility index (Phi) is 7.27. The molecule has 4 nitrogen and oxygen atoms in total. The standard InChI is InChI=1S/C19H30N2O2/c1-6-14(7-2)17(22)20-12-13-21-18(23)15-8-10-16(11-9-15)19(3,4)5/h8-11,14H,6-7,12-13H2,1-5H3,(H,20,22)(H,21,23). The maximum Gasteiger partial charge on any atom is 0.251 e. The van der Waals surface area contributed by atoms with E-state index >= 15 is 0 Å². The summed E-state index contributed by atoms with van der Waals surface area (Å²) in [5.41, 5.74) is 1.92. The summed E-state index contributed by atoms with van der Waals surface area (Å²) in [7, 11) is 0. The lowest BCUT2D eigenvalue weighted by Gasteiger charge is -2.19. The second-order valence-corrected chi connectivity index (χ2v) is 6.89. The van der Waals surface area contributed by atoms with Crippen LogP contribution in [0.2, 0.25) is 0 Å². The average molecular weight is 318 g/mol. The zero-order valence-corrected chi connectivity index (χ0v) is 15.0. The fourth-order valence-corrected chi connectivity index (χ4v) is 2.39. The van der Waals surface area contributed by atoms with Gasteiger partial charge in [0.15, 0.2) is 0 Å². The van der Waals surface area contributed by atoms with Gasteiger partial charge in [-0.2, -0.15) is 0 Å². The molecule has 2 amide bonds. The van der Waals surface area contributed by atoms with Crippen LogP contribution < -0.4 is 10.6 Å². The minimum absolute atomic E-state index is 0.0654. The van der Waals surface area contributed by atoms with Gasteiger partial charge in [-0.05, 0) is 36.0 Å². The molecular formula is C19H30N2O2. The molecule has 2 N–H and O–H groups in total. The van der Waals surface area contributed by atoms with E-state index in [1.54, 1.807) is 0 Å². The Bertz CT molecular complexity index is 511. The van der Waals surface area contributed by atoms with E-state index in [0.717, 1.165) is 12.8 Å². The van der Waals surface area contributed by atoms with Gasteiger partial charge in [0, 0.05) is 24.6 Å². The van der Waals surface area contributed by atoms with Gasteiger partial charge >= 0.3 is 0 Å². The van der Waals surface area contributed by atoms with Crippen molar-refractivity contribution in [1.29, 1.82) is 0 Å². The average Bonchev–Trinajstić information content (AvgIpc) is 2.52. The summed E-state index contributed by atoms with van der Waals surface area (Å²) in [6.45, 7) is 11.3. The number of benzene rings is 1. The Morgan fingerprint density at radius 2 is 1.48 bits per heavy atom. The molecule has 0 aromatic heterocycles. The molecular weight excluding hydrogens is 288 g/mol. The van der Waals surface area contributed by atoms with Crippen molar-refractivity contribution in [3.05, 3.63) is 35.4 Å². The molecule has 1 rings (SSSR count). The highest BCUT2D eigenvalue weighted by atomic mass is 16.2. The topological polar surface area (TPSA) is 58.2 Å². The van der Waals surface area contributed by atoms with Gasteiger partial charge in [0.1, 0.15) is 0 Å². The number of hydrogen-bond donors (Lipinski definition) is 2. The summed E-state index contributed by atoms with van der Waals surface area (Å²) in [6, 6.07) is 7.67. The van der Waals surface area contributed by atoms with Gasteiger partial charge in [-0.1, -0.05) is 46.8 Å². The SMILES string of the molecule is CCC(CC)C(=O)NCCNC(=O)c1ccc(C(C)(C)C)cc1. The summed E-state index contributed by atoms with van der Waals surface area (Å²) in [6.07, 6.45) is 1.68. The van der Waals surface area contributed by atoms with E-state index in [1.165, 1.54) is 5.56 Å². The van der Waals surface area contributed by atoms with Crippen molar-refractivity contribution in [2.75, 3.05) is 13.1 Å². The van der Waals surface area contributed by atoms with E-state index in [2.05, 4.69) is 31.4 Å². The van der Waals surface area contributed by atoms with E-state index in [9.17, 15) is 9.59 Å². The lowest BCUT2D eigenvalue weighted by Crippen LogP contribution is -2.37. The van der Waals surface area contributed by atoms with Gasteiger partial charge in [-0.3, -0.25) is 9.59 Å². The third-order valence-corrected chi connectivity index (χ3v) is 4.08. The minimum Gasteiger partial charge on any atom is -0.354 e. The fraction of sp³-hybridized carbons (Fsp3) is 0.579. The highest BCUT2D eigenvalue weighted by Crippen LogP contribution is 2.22. The van der Waals surface area contributed by atoms with Gasteiger partial charge in [-0.25, -0.2) is 0 Å². The number of rotatable bonds is 7. The van der Waals surface area contributed by atoms with E-state index in [4.69, 9.17) is 0 Å². The third-order valence-electron chi connectivity index (χ3n) is 4.08. The summed E-state index contributed by atoms with van der Waals surface area (Å²) in [4.78, 5) is 23.9. The van der Waals surface area contributed by atoms with Crippen LogP contribution in [0.25, 0.3) is 0 Å².